The Bertz CT molecular complexity index is 730. The van der Waals surface area contributed by atoms with Crippen molar-refractivity contribution in [2.45, 2.75) is 46.6 Å². The molecule has 2 amide bonds. The van der Waals surface area contributed by atoms with E-state index in [-0.39, 0.29) is 17.5 Å². The van der Waals surface area contributed by atoms with Gasteiger partial charge in [-0.3, -0.25) is 0 Å². The predicted octanol–water partition coefficient (Wildman–Crippen LogP) is 3.51. The van der Waals surface area contributed by atoms with Crippen LogP contribution in [-0.2, 0) is 6.42 Å². The van der Waals surface area contributed by atoms with Crippen molar-refractivity contribution in [2.24, 2.45) is 5.41 Å². The van der Waals surface area contributed by atoms with Gasteiger partial charge in [0.25, 0.3) is 0 Å². The molecule has 1 aromatic heterocycles. The minimum absolute atomic E-state index is 0.00509. The summed E-state index contributed by atoms with van der Waals surface area (Å²) in [6.07, 6.45) is 3.77. The van der Waals surface area contributed by atoms with E-state index in [9.17, 15) is 4.79 Å². The zero-order valence-corrected chi connectivity index (χ0v) is 14.9. The highest BCUT2D eigenvalue weighted by Gasteiger charge is 2.35. The van der Waals surface area contributed by atoms with Crippen molar-refractivity contribution in [2.75, 3.05) is 6.54 Å². The van der Waals surface area contributed by atoms with E-state index in [2.05, 4.69) is 60.8 Å². The van der Waals surface area contributed by atoms with Gasteiger partial charge in [0.2, 0.25) is 0 Å². The molecule has 1 aliphatic rings. The Morgan fingerprint density at radius 2 is 2.04 bits per heavy atom. The van der Waals surface area contributed by atoms with Gasteiger partial charge in [-0.1, -0.05) is 31.5 Å². The fraction of sp³-hybridized carbons (Fsp3) is 0.474. The highest BCUT2D eigenvalue weighted by molar-refractivity contribution is 5.74. The highest BCUT2D eigenvalue weighted by atomic mass is 16.2. The number of benzene rings is 1. The minimum atomic E-state index is -0.116. The molecular weight excluding hydrogens is 300 g/mol. The van der Waals surface area contributed by atoms with E-state index >= 15 is 0 Å². The quantitative estimate of drug-likeness (QED) is 0.907. The van der Waals surface area contributed by atoms with Crippen LogP contribution in [-0.4, -0.2) is 22.4 Å². The number of nitrogens with one attached hydrogen (secondary N) is 2. The smallest absolute Gasteiger partial charge is 0.315 e. The van der Waals surface area contributed by atoms with Crippen molar-refractivity contribution >= 4 is 6.03 Å². The molecular formula is C19H26N4O. The van der Waals surface area contributed by atoms with Crippen LogP contribution in [0.2, 0.25) is 0 Å². The zero-order chi connectivity index (χ0) is 17.3. The van der Waals surface area contributed by atoms with Crippen molar-refractivity contribution in [3.05, 3.63) is 47.3 Å². The number of rotatable bonds is 3. The van der Waals surface area contributed by atoms with Gasteiger partial charge >= 0.3 is 6.03 Å². The van der Waals surface area contributed by atoms with E-state index < -0.39 is 0 Å². The molecule has 0 saturated heterocycles. The molecule has 1 heterocycles. The SMILES string of the molecule is CCNC(=O)N[C@H]1CC(C)(C)Cc2c1cnn2-c1ccc(C)cc1. The van der Waals surface area contributed by atoms with Gasteiger partial charge < -0.3 is 10.6 Å². The number of amides is 2. The second kappa shape index (κ2) is 6.30. The van der Waals surface area contributed by atoms with Gasteiger partial charge in [-0.15, -0.1) is 0 Å². The Morgan fingerprint density at radius 1 is 1.33 bits per heavy atom. The summed E-state index contributed by atoms with van der Waals surface area (Å²) < 4.78 is 2.02. The number of aryl methyl sites for hydroxylation is 1. The van der Waals surface area contributed by atoms with Gasteiger partial charge in [-0.05, 0) is 44.2 Å². The number of hydrogen-bond donors (Lipinski definition) is 2. The molecule has 5 heteroatoms. The summed E-state index contributed by atoms with van der Waals surface area (Å²) in [5.41, 5.74) is 4.73. The monoisotopic (exact) mass is 326 g/mol. The van der Waals surface area contributed by atoms with Crippen LogP contribution in [0.15, 0.2) is 30.5 Å². The first kappa shape index (κ1) is 16.6. The lowest BCUT2D eigenvalue weighted by Gasteiger charge is -2.35. The summed E-state index contributed by atoms with van der Waals surface area (Å²) in [5, 5.41) is 10.5. The maximum absolute atomic E-state index is 12.0. The molecule has 3 rings (SSSR count). The standard InChI is InChI=1S/C19H26N4O/c1-5-20-18(24)22-16-10-19(3,4)11-17-15(16)12-21-23(17)14-8-6-13(2)7-9-14/h6-9,12,16H,5,10-11H2,1-4H3,(H2,20,22,24)/t16-/m0/s1. The third-order valence-electron chi connectivity index (χ3n) is 4.60. The largest absolute Gasteiger partial charge is 0.338 e. The van der Waals surface area contributed by atoms with Gasteiger partial charge in [0.1, 0.15) is 0 Å². The van der Waals surface area contributed by atoms with Crippen LogP contribution in [0.4, 0.5) is 4.79 Å². The van der Waals surface area contributed by atoms with Gasteiger partial charge in [-0.25, -0.2) is 9.48 Å². The summed E-state index contributed by atoms with van der Waals surface area (Å²) >= 11 is 0. The lowest BCUT2D eigenvalue weighted by Crippen LogP contribution is -2.41. The van der Waals surface area contributed by atoms with E-state index in [1.54, 1.807) is 0 Å². The molecule has 0 bridgehead atoms. The topological polar surface area (TPSA) is 59.0 Å². The molecule has 128 valence electrons. The minimum Gasteiger partial charge on any atom is -0.338 e. The lowest BCUT2D eigenvalue weighted by molar-refractivity contribution is 0.221. The Kier molecular flexibility index (Phi) is 4.35. The highest BCUT2D eigenvalue weighted by Crippen LogP contribution is 2.41. The number of urea groups is 1. The Morgan fingerprint density at radius 3 is 2.71 bits per heavy atom. The number of hydrogen-bond acceptors (Lipinski definition) is 2. The molecule has 1 atom stereocenters. The Hall–Kier alpha value is -2.30. The number of carbonyl (C=O) groups is 1. The Labute approximate surface area is 143 Å². The average Bonchev–Trinajstić information content (AvgIpc) is 2.90. The van der Waals surface area contributed by atoms with E-state index in [0.717, 1.165) is 24.1 Å². The molecule has 0 saturated carbocycles. The Balaban J connectivity index is 1.96. The fourth-order valence-electron chi connectivity index (χ4n) is 3.45. The summed E-state index contributed by atoms with van der Waals surface area (Å²) in [5.74, 6) is 0. The van der Waals surface area contributed by atoms with Crippen molar-refractivity contribution < 1.29 is 4.79 Å². The summed E-state index contributed by atoms with van der Waals surface area (Å²) in [6, 6.07) is 8.26. The van der Waals surface area contributed by atoms with Crippen molar-refractivity contribution in [1.82, 2.24) is 20.4 Å². The van der Waals surface area contributed by atoms with Gasteiger partial charge in [-0.2, -0.15) is 5.10 Å². The second-order valence-corrected chi connectivity index (χ2v) is 7.40. The first-order valence-corrected chi connectivity index (χ1v) is 8.58. The van der Waals surface area contributed by atoms with E-state index in [1.807, 2.05) is 17.8 Å². The van der Waals surface area contributed by atoms with Crippen LogP contribution in [0.5, 0.6) is 0 Å². The van der Waals surface area contributed by atoms with Crippen molar-refractivity contribution in [3.8, 4) is 5.69 Å². The second-order valence-electron chi connectivity index (χ2n) is 7.40. The molecule has 2 N–H and O–H groups in total. The van der Waals surface area contributed by atoms with Crippen LogP contribution in [0.1, 0.15) is 50.1 Å². The molecule has 24 heavy (non-hydrogen) atoms. The third kappa shape index (κ3) is 3.30. The third-order valence-corrected chi connectivity index (χ3v) is 4.60. The number of fused-ring (bicyclic) bond motifs is 1. The van der Waals surface area contributed by atoms with Crippen LogP contribution in [0, 0.1) is 12.3 Å². The molecule has 0 fully saturated rings. The predicted molar refractivity (Wildman–Crippen MR) is 95.4 cm³/mol. The van der Waals surface area contributed by atoms with Crippen LogP contribution in [0.3, 0.4) is 0 Å². The summed E-state index contributed by atoms with van der Waals surface area (Å²) in [6.45, 7) is 9.12. The van der Waals surface area contributed by atoms with Gasteiger partial charge in [0, 0.05) is 12.1 Å². The number of carbonyl (C=O) groups excluding carboxylic acids is 1. The maximum atomic E-state index is 12.0. The normalized spacial score (nSPS) is 18.8. The molecule has 0 spiro atoms. The fourth-order valence-corrected chi connectivity index (χ4v) is 3.45. The van der Waals surface area contributed by atoms with Crippen molar-refractivity contribution in [1.29, 1.82) is 0 Å². The number of aromatic nitrogens is 2. The van der Waals surface area contributed by atoms with Crippen molar-refractivity contribution in [3.63, 3.8) is 0 Å². The molecule has 2 aromatic rings. The van der Waals surface area contributed by atoms with E-state index in [4.69, 9.17) is 0 Å². The number of nitrogens with zero attached hydrogens (tertiary/aromatic N) is 2. The molecule has 0 aliphatic heterocycles. The summed E-state index contributed by atoms with van der Waals surface area (Å²) in [4.78, 5) is 12.0. The zero-order valence-electron chi connectivity index (χ0n) is 14.9. The van der Waals surface area contributed by atoms with E-state index in [1.165, 1.54) is 11.3 Å². The summed E-state index contributed by atoms with van der Waals surface area (Å²) in [7, 11) is 0. The first-order valence-electron chi connectivity index (χ1n) is 8.58. The molecule has 0 radical (unpaired) electrons. The van der Waals surface area contributed by atoms with E-state index in [0.29, 0.717) is 6.54 Å². The van der Waals surface area contributed by atoms with Gasteiger partial charge in [0.05, 0.1) is 23.6 Å². The lowest BCUT2D eigenvalue weighted by atomic mass is 9.74. The molecule has 5 nitrogen and oxygen atoms in total. The molecule has 1 aromatic carbocycles. The van der Waals surface area contributed by atoms with Crippen LogP contribution >= 0.6 is 0 Å². The molecule has 0 unspecified atom stereocenters. The first-order chi connectivity index (χ1) is 11.4. The average molecular weight is 326 g/mol. The maximum Gasteiger partial charge on any atom is 0.315 e. The van der Waals surface area contributed by atoms with Crippen LogP contribution in [0.25, 0.3) is 5.69 Å². The van der Waals surface area contributed by atoms with Crippen LogP contribution < -0.4 is 10.6 Å². The molecule has 1 aliphatic carbocycles. The van der Waals surface area contributed by atoms with Gasteiger partial charge in [0.15, 0.2) is 0 Å².